The fraction of sp³-hybridized carbons (Fsp3) is 0.222. The second kappa shape index (κ2) is 3.92. The molecule has 1 aromatic carbocycles. The highest BCUT2D eigenvalue weighted by atomic mass is 35.5. The molecule has 0 aromatic heterocycles. The third kappa shape index (κ3) is 1.70. The van der Waals surface area contributed by atoms with E-state index in [2.05, 4.69) is 4.74 Å². The molecule has 0 unspecified atom stereocenters. The van der Waals surface area contributed by atoms with Crippen LogP contribution in [0.15, 0.2) is 6.07 Å². The van der Waals surface area contributed by atoms with Gasteiger partial charge in [0.25, 0.3) is 0 Å². The van der Waals surface area contributed by atoms with Gasteiger partial charge >= 0.3 is 0 Å². The van der Waals surface area contributed by atoms with Crippen LogP contribution in [0.4, 0.5) is 8.78 Å². The van der Waals surface area contributed by atoms with E-state index < -0.39 is 23.0 Å². The van der Waals surface area contributed by atoms with Crippen molar-refractivity contribution in [1.82, 2.24) is 0 Å². The smallest absolute Gasteiger partial charge is 0.165 e. The molecular formula is C9H7ClF2O2. The highest BCUT2D eigenvalue weighted by Crippen LogP contribution is 2.31. The maximum absolute atomic E-state index is 13.3. The molecule has 14 heavy (non-hydrogen) atoms. The van der Waals surface area contributed by atoms with Crippen molar-refractivity contribution >= 4 is 17.4 Å². The summed E-state index contributed by atoms with van der Waals surface area (Å²) in [7, 11) is 1.23. The van der Waals surface area contributed by atoms with E-state index in [-0.39, 0.29) is 10.8 Å². The summed E-state index contributed by atoms with van der Waals surface area (Å²) in [4.78, 5) is 10.9. The standard InChI is InChI=1S/C9H7ClF2O2/c1-4(13)7-5(11)3-6(14-2)8(10)9(7)12/h3H,1-2H3. The van der Waals surface area contributed by atoms with Crippen LogP contribution in [0.3, 0.4) is 0 Å². The predicted molar refractivity (Wildman–Crippen MR) is 47.9 cm³/mol. The number of ketones is 1. The second-order valence-electron chi connectivity index (χ2n) is 2.62. The van der Waals surface area contributed by atoms with Crippen molar-refractivity contribution in [3.8, 4) is 5.75 Å². The maximum Gasteiger partial charge on any atom is 0.165 e. The van der Waals surface area contributed by atoms with E-state index in [1.54, 1.807) is 0 Å². The normalized spacial score (nSPS) is 10.1. The van der Waals surface area contributed by atoms with Crippen LogP contribution < -0.4 is 4.74 Å². The van der Waals surface area contributed by atoms with Gasteiger partial charge in [0.15, 0.2) is 11.6 Å². The van der Waals surface area contributed by atoms with Gasteiger partial charge in [0.1, 0.15) is 16.6 Å². The van der Waals surface area contributed by atoms with Crippen molar-refractivity contribution in [3.05, 3.63) is 28.3 Å². The minimum absolute atomic E-state index is 0.133. The van der Waals surface area contributed by atoms with Gasteiger partial charge in [-0.2, -0.15) is 0 Å². The van der Waals surface area contributed by atoms with Crippen LogP contribution in [0.1, 0.15) is 17.3 Å². The molecule has 2 nitrogen and oxygen atoms in total. The van der Waals surface area contributed by atoms with Crippen LogP contribution in [-0.2, 0) is 0 Å². The van der Waals surface area contributed by atoms with E-state index in [0.717, 1.165) is 13.0 Å². The number of ether oxygens (including phenoxy) is 1. The van der Waals surface area contributed by atoms with Gasteiger partial charge in [-0.15, -0.1) is 0 Å². The maximum atomic E-state index is 13.3. The number of rotatable bonds is 2. The minimum Gasteiger partial charge on any atom is -0.495 e. The molecule has 76 valence electrons. The summed E-state index contributed by atoms with van der Waals surface area (Å²) in [6, 6.07) is 0.877. The highest BCUT2D eigenvalue weighted by molar-refractivity contribution is 6.32. The van der Waals surface area contributed by atoms with E-state index in [1.807, 2.05) is 0 Å². The minimum atomic E-state index is -1.09. The Bertz CT molecular complexity index is 391. The number of hydrogen-bond donors (Lipinski definition) is 0. The van der Waals surface area contributed by atoms with Crippen molar-refractivity contribution in [1.29, 1.82) is 0 Å². The molecule has 0 N–H and O–H groups in total. The zero-order valence-electron chi connectivity index (χ0n) is 7.53. The number of benzene rings is 1. The van der Waals surface area contributed by atoms with Crippen LogP contribution in [0.2, 0.25) is 5.02 Å². The molecule has 0 radical (unpaired) electrons. The van der Waals surface area contributed by atoms with Crippen molar-refractivity contribution in [3.63, 3.8) is 0 Å². The Morgan fingerprint density at radius 2 is 2.07 bits per heavy atom. The van der Waals surface area contributed by atoms with E-state index in [4.69, 9.17) is 11.6 Å². The van der Waals surface area contributed by atoms with Gasteiger partial charge in [0.2, 0.25) is 0 Å². The van der Waals surface area contributed by atoms with Gasteiger partial charge in [-0.25, -0.2) is 8.78 Å². The summed E-state index contributed by atoms with van der Waals surface area (Å²) >= 11 is 5.50. The molecule has 0 spiro atoms. The van der Waals surface area contributed by atoms with Crippen LogP contribution in [0, 0.1) is 11.6 Å². The monoisotopic (exact) mass is 220 g/mol. The molecule has 0 amide bonds. The van der Waals surface area contributed by atoms with Gasteiger partial charge in [0.05, 0.1) is 12.7 Å². The van der Waals surface area contributed by atoms with Crippen molar-refractivity contribution < 1.29 is 18.3 Å². The van der Waals surface area contributed by atoms with Crippen LogP contribution in [0.25, 0.3) is 0 Å². The summed E-state index contributed by atoms with van der Waals surface area (Å²) in [6.45, 7) is 1.06. The number of methoxy groups -OCH3 is 1. The Labute approximate surface area is 84.4 Å². The van der Waals surface area contributed by atoms with Crippen molar-refractivity contribution in [2.45, 2.75) is 6.92 Å². The van der Waals surface area contributed by atoms with Crippen molar-refractivity contribution in [2.24, 2.45) is 0 Å². The Balaban J connectivity index is 3.49. The molecule has 0 saturated carbocycles. The second-order valence-corrected chi connectivity index (χ2v) is 3.00. The molecular weight excluding hydrogens is 214 g/mol. The lowest BCUT2D eigenvalue weighted by molar-refractivity contribution is 0.100. The summed E-state index contributed by atoms with van der Waals surface area (Å²) < 4.78 is 31.0. The number of carbonyl (C=O) groups is 1. The van der Waals surface area contributed by atoms with Gasteiger partial charge in [0, 0.05) is 6.07 Å². The average molecular weight is 221 g/mol. The first-order valence-electron chi connectivity index (χ1n) is 3.71. The SMILES string of the molecule is COc1cc(F)c(C(C)=O)c(F)c1Cl. The Morgan fingerprint density at radius 1 is 1.50 bits per heavy atom. The van der Waals surface area contributed by atoms with E-state index in [9.17, 15) is 13.6 Å². The topological polar surface area (TPSA) is 26.3 Å². The molecule has 0 bridgehead atoms. The molecule has 0 heterocycles. The zero-order chi connectivity index (χ0) is 10.9. The van der Waals surface area contributed by atoms with E-state index in [0.29, 0.717) is 0 Å². The molecule has 1 aromatic rings. The third-order valence-electron chi connectivity index (χ3n) is 1.70. The Morgan fingerprint density at radius 3 is 2.50 bits per heavy atom. The zero-order valence-corrected chi connectivity index (χ0v) is 8.28. The molecule has 5 heteroatoms. The van der Waals surface area contributed by atoms with Gasteiger partial charge in [-0.1, -0.05) is 11.6 Å². The lowest BCUT2D eigenvalue weighted by Crippen LogP contribution is -2.03. The molecule has 0 aliphatic carbocycles. The number of halogens is 3. The number of hydrogen-bond acceptors (Lipinski definition) is 2. The van der Waals surface area contributed by atoms with Crippen molar-refractivity contribution in [2.75, 3.05) is 7.11 Å². The molecule has 0 fully saturated rings. The van der Waals surface area contributed by atoms with Gasteiger partial charge in [-0.05, 0) is 6.92 Å². The molecule has 0 aliphatic rings. The summed E-state index contributed by atoms with van der Waals surface area (Å²) in [6.07, 6.45) is 0. The third-order valence-corrected chi connectivity index (χ3v) is 2.05. The molecule has 0 atom stereocenters. The Kier molecular flexibility index (Phi) is 3.06. The first-order chi connectivity index (χ1) is 6.49. The van der Waals surface area contributed by atoms with Crippen LogP contribution in [-0.4, -0.2) is 12.9 Å². The molecule has 1 rings (SSSR count). The van der Waals surface area contributed by atoms with Crippen LogP contribution >= 0.6 is 11.6 Å². The summed E-state index contributed by atoms with van der Waals surface area (Å²) in [5, 5.41) is -0.390. The first-order valence-corrected chi connectivity index (χ1v) is 4.09. The van der Waals surface area contributed by atoms with Gasteiger partial charge in [-0.3, -0.25) is 4.79 Å². The molecule has 0 aliphatic heterocycles. The summed E-state index contributed by atoms with van der Waals surface area (Å²) in [5.41, 5.74) is -0.643. The number of carbonyl (C=O) groups excluding carboxylic acids is 1. The number of Topliss-reactive ketones (excluding diaryl/α,β-unsaturated/α-hetero) is 1. The lowest BCUT2D eigenvalue weighted by Gasteiger charge is -2.07. The fourth-order valence-corrected chi connectivity index (χ4v) is 1.27. The van der Waals surface area contributed by atoms with E-state index >= 15 is 0 Å². The largest absolute Gasteiger partial charge is 0.495 e. The van der Waals surface area contributed by atoms with E-state index in [1.165, 1.54) is 7.11 Å². The summed E-state index contributed by atoms with van der Waals surface area (Å²) in [5.74, 6) is -2.91. The highest BCUT2D eigenvalue weighted by Gasteiger charge is 2.20. The Hall–Kier alpha value is -1.16. The first kappa shape index (κ1) is 10.9. The van der Waals surface area contributed by atoms with Gasteiger partial charge < -0.3 is 4.74 Å². The fourth-order valence-electron chi connectivity index (χ4n) is 1.04. The average Bonchev–Trinajstić information content (AvgIpc) is 2.10. The lowest BCUT2D eigenvalue weighted by atomic mass is 10.1. The predicted octanol–water partition coefficient (Wildman–Crippen LogP) is 2.83. The van der Waals surface area contributed by atoms with Crippen LogP contribution in [0.5, 0.6) is 5.75 Å². The molecule has 0 saturated heterocycles. The quantitative estimate of drug-likeness (QED) is 0.566.